The third kappa shape index (κ3) is 5.06. The highest BCUT2D eigenvalue weighted by atomic mass is 15.0. The smallest absolute Gasteiger partial charge is 0.0634 e. The highest BCUT2D eigenvalue weighted by molar-refractivity contribution is 6.45. The van der Waals surface area contributed by atoms with Crippen molar-refractivity contribution in [3.05, 3.63) is 180 Å². The molecule has 0 aliphatic rings. The van der Waals surface area contributed by atoms with Gasteiger partial charge in [-0.2, -0.15) is 0 Å². The first-order valence-corrected chi connectivity index (χ1v) is 25.5. The Morgan fingerprint density at radius 1 is 0.257 bits per heavy atom. The predicted octanol–water partition coefficient (Wildman–Crippen LogP) is 18.7. The minimum Gasteiger partial charge on any atom is -0.309 e. The number of para-hydroxylation sites is 2. The van der Waals surface area contributed by atoms with Crippen LogP contribution in [0.5, 0.6) is 0 Å². The van der Waals surface area contributed by atoms with E-state index >= 15 is 0 Å². The van der Waals surface area contributed by atoms with Crippen LogP contribution >= 0.6 is 0 Å². The summed E-state index contributed by atoms with van der Waals surface area (Å²) in [5.41, 5.74) is 20.4. The van der Waals surface area contributed by atoms with E-state index in [4.69, 9.17) is 0 Å². The largest absolute Gasteiger partial charge is 0.309 e. The summed E-state index contributed by atoms with van der Waals surface area (Å²) in [6.07, 6.45) is 0. The first-order chi connectivity index (χ1) is 34.0. The summed E-state index contributed by atoms with van der Waals surface area (Å²) in [5, 5.41) is 15.8. The lowest BCUT2D eigenvalue weighted by Crippen LogP contribution is -1.95. The fraction of sp³-hybridized carbons (Fsp3) is 0.182. The molecule has 0 atom stereocenters. The van der Waals surface area contributed by atoms with Crippen LogP contribution in [0.2, 0.25) is 0 Å². The fourth-order valence-corrected chi connectivity index (χ4v) is 12.9. The van der Waals surface area contributed by atoms with Gasteiger partial charge in [0.1, 0.15) is 0 Å². The molecule has 0 N–H and O–H groups in total. The van der Waals surface area contributed by atoms with Crippen molar-refractivity contribution in [2.45, 2.75) is 79.1 Å². The zero-order chi connectivity index (χ0) is 47.2. The fourth-order valence-electron chi connectivity index (χ4n) is 12.9. The van der Waals surface area contributed by atoms with Crippen molar-refractivity contribution in [2.24, 2.45) is 0 Å². The van der Waals surface area contributed by atoms with Gasteiger partial charge in [-0.25, -0.2) is 0 Å². The SMILES string of the molecule is CC(C)c1ccc2c(c1)c1cc(C(C)C)ccc1n2-c1ccc2c3c4c5ccccc5n5c6cc(-n7c8ccc(C(C)C)cc8c8cc(C(C)C)ccc87)ccc6c(c6c7ccccc7n(c2c1)c63)c45. The highest BCUT2D eigenvalue weighted by Crippen LogP contribution is 2.52. The molecule has 6 aromatic heterocycles. The lowest BCUT2D eigenvalue weighted by Gasteiger charge is -2.11. The van der Waals surface area contributed by atoms with Gasteiger partial charge in [0.2, 0.25) is 0 Å². The van der Waals surface area contributed by atoms with Crippen LogP contribution in [-0.2, 0) is 0 Å². The van der Waals surface area contributed by atoms with Crippen LogP contribution in [0.25, 0.3) is 131 Å². The molecule has 15 rings (SSSR count). The molecule has 15 aromatic rings. The van der Waals surface area contributed by atoms with E-state index in [2.05, 4.69) is 231 Å². The van der Waals surface area contributed by atoms with E-state index in [1.165, 1.54) is 153 Å². The van der Waals surface area contributed by atoms with Gasteiger partial charge in [-0.3, -0.25) is 0 Å². The molecular formula is C66H54N4. The van der Waals surface area contributed by atoms with E-state index in [0.29, 0.717) is 23.7 Å². The van der Waals surface area contributed by atoms with Crippen molar-refractivity contribution >= 4 is 120 Å². The van der Waals surface area contributed by atoms with Crippen LogP contribution in [0.1, 0.15) is 101 Å². The Labute approximate surface area is 406 Å². The van der Waals surface area contributed by atoms with Gasteiger partial charge in [0, 0.05) is 76.0 Å². The second-order valence-electron chi connectivity index (χ2n) is 21.7. The van der Waals surface area contributed by atoms with E-state index in [9.17, 15) is 0 Å². The Bertz CT molecular complexity index is 4280. The third-order valence-corrected chi connectivity index (χ3v) is 16.5. The second kappa shape index (κ2) is 13.9. The quantitative estimate of drug-likeness (QED) is 0.158. The number of fused-ring (bicyclic) bond motifs is 20. The van der Waals surface area contributed by atoms with Crippen LogP contribution in [0.4, 0.5) is 0 Å². The number of nitrogens with zero attached hydrogens (tertiary/aromatic N) is 4. The number of hydrogen-bond donors (Lipinski definition) is 0. The van der Waals surface area contributed by atoms with Gasteiger partial charge in [0.05, 0.1) is 55.2 Å². The van der Waals surface area contributed by atoms with Crippen LogP contribution in [0, 0.1) is 0 Å². The maximum absolute atomic E-state index is 2.60. The van der Waals surface area contributed by atoms with E-state index in [-0.39, 0.29) is 0 Å². The van der Waals surface area contributed by atoms with E-state index in [0.717, 1.165) is 0 Å². The van der Waals surface area contributed by atoms with Crippen LogP contribution < -0.4 is 0 Å². The first-order valence-electron chi connectivity index (χ1n) is 25.5. The maximum Gasteiger partial charge on any atom is 0.0634 e. The standard InChI is InChI=1S/C66H54N4/c1-35(2)39-17-25-55-49(29-39)50-30-40(36(3)4)18-26-56(50)67(55)43-21-23-47-59(33-43)69-53-15-11-9-13-45(53)62-64-48-24-22-44(34-60(48)70-54-16-12-10-14-46(54)61(66(64)70)63(47)65(62)69)68-57-27-19-41(37(5)6)31-51(57)52-32-42(38(7)8)20-28-58(52)68/h9-38H,1-8H3. The monoisotopic (exact) mass is 902 g/mol. The molecule has 70 heavy (non-hydrogen) atoms. The molecule has 0 bridgehead atoms. The average molecular weight is 903 g/mol. The lowest BCUT2D eigenvalue weighted by molar-refractivity contribution is 0.868. The van der Waals surface area contributed by atoms with Gasteiger partial charge in [-0.1, -0.05) is 128 Å². The van der Waals surface area contributed by atoms with Gasteiger partial charge in [0.15, 0.2) is 0 Å². The van der Waals surface area contributed by atoms with E-state index in [1.54, 1.807) is 0 Å². The number of hydrogen-bond acceptors (Lipinski definition) is 0. The highest BCUT2D eigenvalue weighted by Gasteiger charge is 2.29. The van der Waals surface area contributed by atoms with Gasteiger partial charge in [-0.15, -0.1) is 0 Å². The number of aromatic nitrogens is 4. The molecule has 0 radical (unpaired) electrons. The minimum absolute atomic E-state index is 0.448. The molecule has 0 spiro atoms. The molecule has 0 fully saturated rings. The molecular weight excluding hydrogens is 849 g/mol. The Hall–Kier alpha value is -7.82. The minimum atomic E-state index is 0.448. The van der Waals surface area contributed by atoms with Crippen molar-refractivity contribution in [2.75, 3.05) is 0 Å². The van der Waals surface area contributed by atoms with Crippen LogP contribution in [0.15, 0.2) is 158 Å². The van der Waals surface area contributed by atoms with Gasteiger partial charge in [-0.05, 0) is 131 Å². The summed E-state index contributed by atoms with van der Waals surface area (Å²) in [6.45, 7) is 18.4. The van der Waals surface area contributed by atoms with Crippen molar-refractivity contribution in [1.82, 2.24) is 17.9 Å². The molecule has 0 aliphatic carbocycles. The average Bonchev–Trinajstić information content (AvgIpc) is 4.20. The maximum atomic E-state index is 2.60. The molecule has 0 amide bonds. The normalized spacial score (nSPS) is 13.1. The summed E-state index contributed by atoms with van der Waals surface area (Å²) in [6, 6.07) is 61.4. The number of rotatable bonds is 6. The third-order valence-electron chi connectivity index (χ3n) is 16.5. The number of benzene rings is 9. The van der Waals surface area contributed by atoms with Crippen LogP contribution in [-0.4, -0.2) is 17.9 Å². The summed E-state index contributed by atoms with van der Waals surface area (Å²) < 4.78 is 10.2. The van der Waals surface area contributed by atoms with Gasteiger partial charge in [0.25, 0.3) is 0 Å². The van der Waals surface area contributed by atoms with Gasteiger partial charge < -0.3 is 17.9 Å². The second-order valence-corrected chi connectivity index (χ2v) is 21.7. The van der Waals surface area contributed by atoms with Gasteiger partial charge >= 0.3 is 0 Å². The van der Waals surface area contributed by atoms with E-state index in [1.807, 2.05) is 0 Å². The molecule has 0 unspecified atom stereocenters. The topological polar surface area (TPSA) is 18.7 Å². The Balaban J connectivity index is 1.05. The predicted molar refractivity (Wildman–Crippen MR) is 301 cm³/mol. The Morgan fingerprint density at radius 2 is 0.557 bits per heavy atom. The van der Waals surface area contributed by atoms with E-state index < -0.39 is 0 Å². The molecule has 0 saturated carbocycles. The van der Waals surface area contributed by atoms with Crippen molar-refractivity contribution in [1.29, 1.82) is 0 Å². The zero-order valence-electron chi connectivity index (χ0n) is 41.1. The van der Waals surface area contributed by atoms with Crippen LogP contribution in [0.3, 0.4) is 0 Å². The first kappa shape index (κ1) is 40.1. The van der Waals surface area contributed by atoms with Crippen molar-refractivity contribution < 1.29 is 0 Å². The molecule has 338 valence electrons. The zero-order valence-corrected chi connectivity index (χ0v) is 41.1. The Kier molecular flexibility index (Phi) is 7.97. The molecule has 4 nitrogen and oxygen atoms in total. The molecule has 0 saturated heterocycles. The van der Waals surface area contributed by atoms with Crippen molar-refractivity contribution in [3.8, 4) is 11.4 Å². The summed E-state index contributed by atoms with van der Waals surface area (Å²) in [5.74, 6) is 1.79. The molecule has 6 heterocycles. The summed E-state index contributed by atoms with van der Waals surface area (Å²) in [7, 11) is 0. The molecule has 9 aromatic carbocycles. The van der Waals surface area contributed by atoms with Crippen molar-refractivity contribution in [3.63, 3.8) is 0 Å². The summed E-state index contributed by atoms with van der Waals surface area (Å²) >= 11 is 0. The molecule has 0 aliphatic heterocycles. The lowest BCUT2D eigenvalue weighted by atomic mass is 9.97. The summed E-state index contributed by atoms with van der Waals surface area (Å²) in [4.78, 5) is 0. The Morgan fingerprint density at radius 3 is 0.871 bits per heavy atom. The molecule has 4 heteroatoms.